The maximum absolute atomic E-state index is 12.1. The van der Waals surface area contributed by atoms with Crippen molar-refractivity contribution in [2.24, 2.45) is 0 Å². The molecule has 0 aliphatic carbocycles. The third-order valence-corrected chi connectivity index (χ3v) is 3.64. The van der Waals surface area contributed by atoms with Crippen LogP contribution in [-0.4, -0.2) is 12.5 Å². The van der Waals surface area contributed by atoms with Crippen LogP contribution in [0.15, 0.2) is 70.7 Å². The van der Waals surface area contributed by atoms with Gasteiger partial charge in [0.15, 0.2) is 0 Å². The van der Waals surface area contributed by atoms with Crippen LogP contribution in [0.3, 0.4) is 0 Å². The van der Waals surface area contributed by atoms with E-state index in [0.29, 0.717) is 12.3 Å². The summed E-state index contributed by atoms with van der Waals surface area (Å²) in [6, 6.07) is 21.2. The van der Waals surface area contributed by atoms with Crippen LogP contribution in [0.25, 0.3) is 17.0 Å². The third-order valence-electron chi connectivity index (χ3n) is 3.64. The van der Waals surface area contributed by atoms with Gasteiger partial charge < -0.3 is 9.73 Å². The number of para-hydroxylation sites is 1. The predicted molar refractivity (Wildman–Crippen MR) is 93.0 cm³/mol. The molecule has 0 radical (unpaired) electrons. The maximum Gasteiger partial charge on any atom is 0.262 e. The van der Waals surface area contributed by atoms with Crippen molar-refractivity contribution in [2.75, 3.05) is 6.54 Å². The van der Waals surface area contributed by atoms with E-state index in [1.807, 2.05) is 66.7 Å². The summed E-state index contributed by atoms with van der Waals surface area (Å²) in [6.07, 6.45) is 2.19. The number of carbonyl (C=O) groups excluding carboxylic acids is 1. The Morgan fingerprint density at radius 1 is 1.12 bits per heavy atom. The predicted octanol–water partition coefficient (Wildman–Crippen LogP) is 3.70. The smallest absolute Gasteiger partial charge is 0.262 e. The number of fused-ring (bicyclic) bond motifs is 1. The minimum absolute atomic E-state index is 0.0297. The number of nitrogens with one attached hydrogen (secondary N) is 1. The lowest BCUT2D eigenvalue weighted by atomic mass is 10.1. The van der Waals surface area contributed by atoms with Gasteiger partial charge in [0.1, 0.15) is 23.0 Å². The zero-order valence-electron chi connectivity index (χ0n) is 13.0. The highest BCUT2D eigenvalue weighted by Crippen LogP contribution is 2.20. The van der Waals surface area contributed by atoms with E-state index >= 15 is 0 Å². The van der Waals surface area contributed by atoms with Crippen molar-refractivity contribution in [3.8, 4) is 6.07 Å². The summed E-state index contributed by atoms with van der Waals surface area (Å²) < 4.78 is 5.62. The van der Waals surface area contributed by atoms with Gasteiger partial charge in [0, 0.05) is 18.0 Å². The van der Waals surface area contributed by atoms with Gasteiger partial charge in [-0.25, -0.2) is 0 Å². The van der Waals surface area contributed by atoms with Crippen molar-refractivity contribution in [2.45, 2.75) is 6.42 Å². The Balaban J connectivity index is 1.66. The molecule has 0 unspecified atom stereocenters. The second kappa shape index (κ2) is 7.30. The van der Waals surface area contributed by atoms with Gasteiger partial charge in [-0.1, -0.05) is 48.5 Å². The molecule has 0 saturated heterocycles. The van der Waals surface area contributed by atoms with E-state index in [-0.39, 0.29) is 5.57 Å². The molecule has 24 heavy (non-hydrogen) atoms. The van der Waals surface area contributed by atoms with Gasteiger partial charge in [0.05, 0.1) is 0 Å². The fourth-order valence-electron chi connectivity index (χ4n) is 2.42. The van der Waals surface area contributed by atoms with Gasteiger partial charge in [0.2, 0.25) is 0 Å². The molecule has 4 heteroatoms. The Labute approximate surface area is 140 Å². The molecule has 2 aromatic carbocycles. The van der Waals surface area contributed by atoms with E-state index in [1.165, 1.54) is 6.08 Å². The van der Waals surface area contributed by atoms with Crippen molar-refractivity contribution in [1.82, 2.24) is 5.32 Å². The lowest BCUT2D eigenvalue weighted by Gasteiger charge is -2.04. The molecule has 1 aromatic heterocycles. The van der Waals surface area contributed by atoms with Crippen LogP contribution in [0.4, 0.5) is 0 Å². The second-order valence-corrected chi connectivity index (χ2v) is 5.35. The van der Waals surface area contributed by atoms with Crippen molar-refractivity contribution < 1.29 is 9.21 Å². The quantitative estimate of drug-likeness (QED) is 0.576. The maximum atomic E-state index is 12.1. The number of carbonyl (C=O) groups is 1. The zero-order chi connectivity index (χ0) is 16.8. The minimum Gasteiger partial charge on any atom is -0.457 e. The molecule has 0 bridgehead atoms. The molecule has 1 N–H and O–H groups in total. The van der Waals surface area contributed by atoms with Crippen molar-refractivity contribution in [3.05, 3.63) is 77.6 Å². The van der Waals surface area contributed by atoms with E-state index in [1.54, 1.807) is 0 Å². The van der Waals surface area contributed by atoms with Gasteiger partial charge >= 0.3 is 0 Å². The summed E-state index contributed by atoms with van der Waals surface area (Å²) in [6.45, 7) is 0.474. The Hall–Kier alpha value is -3.32. The van der Waals surface area contributed by atoms with E-state index in [2.05, 4.69) is 5.32 Å². The molecule has 0 fully saturated rings. The standard InChI is InChI=1S/C20H16N2O2/c21-14-17(13-18-12-16-8-4-5-9-19(16)24-18)20(23)22-11-10-15-6-2-1-3-7-15/h1-9,12-13H,10-11H2,(H,22,23)/b17-13+. The number of nitriles is 1. The molecule has 3 rings (SSSR count). The number of furan rings is 1. The first-order valence-electron chi connectivity index (χ1n) is 7.69. The molecule has 118 valence electrons. The van der Waals surface area contributed by atoms with Gasteiger partial charge in [-0.15, -0.1) is 0 Å². The molecule has 4 nitrogen and oxygen atoms in total. The van der Waals surface area contributed by atoms with Gasteiger partial charge in [-0.2, -0.15) is 5.26 Å². The van der Waals surface area contributed by atoms with Crippen LogP contribution in [0.2, 0.25) is 0 Å². The van der Waals surface area contributed by atoms with Crippen LogP contribution in [0.1, 0.15) is 11.3 Å². The molecule has 0 spiro atoms. The summed E-state index contributed by atoms with van der Waals surface area (Å²) in [7, 11) is 0. The van der Waals surface area contributed by atoms with Crippen molar-refractivity contribution in [1.29, 1.82) is 5.26 Å². The summed E-state index contributed by atoms with van der Waals surface area (Å²) in [5.41, 5.74) is 1.89. The number of rotatable bonds is 5. The van der Waals surface area contributed by atoms with Crippen LogP contribution in [0, 0.1) is 11.3 Å². The number of amides is 1. The lowest BCUT2D eigenvalue weighted by Crippen LogP contribution is -2.26. The number of hydrogen-bond donors (Lipinski definition) is 1. The first-order valence-corrected chi connectivity index (χ1v) is 7.69. The highest BCUT2D eigenvalue weighted by Gasteiger charge is 2.10. The fourth-order valence-corrected chi connectivity index (χ4v) is 2.42. The van der Waals surface area contributed by atoms with Crippen LogP contribution < -0.4 is 5.32 Å². The van der Waals surface area contributed by atoms with Crippen molar-refractivity contribution >= 4 is 23.0 Å². The average Bonchev–Trinajstić information content (AvgIpc) is 3.03. The SMILES string of the molecule is N#C/C(=C\c1cc2ccccc2o1)C(=O)NCCc1ccccc1. The Morgan fingerprint density at radius 3 is 2.62 bits per heavy atom. The van der Waals surface area contributed by atoms with Crippen LogP contribution in [0.5, 0.6) is 0 Å². The monoisotopic (exact) mass is 316 g/mol. The highest BCUT2D eigenvalue weighted by molar-refractivity contribution is 6.01. The first-order chi connectivity index (χ1) is 11.8. The van der Waals surface area contributed by atoms with Gasteiger partial charge in [-0.05, 0) is 24.1 Å². The second-order valence-electron chi connectivity index (χ2n) is 5.35. The Bertz CT molecular complexity index is 884. The minimum atomic E-state index is -0.395. The number of nitrogens with zero attached hydrogens (tertiary/aromatic N) is 1. The average molecular weight is 316 g/mol. The van der Waals surface area contributed by atoms with Crippen LogP contribution >= 0.6 is 0 Å². The molecule has 1 amide bonds. The summed E-state index contributed by atoms with van der Waals surface area (Å²) in [5, 5.41) is 12.9. The lowest BCUT2D eigenvalue weighted by molar-refractivity contribution is -0.117. The first kappa shape index (κ1) is 15.6. The number of benzene rings is 2. The van der Waals surface area contributed by atoms with E-state index < -0.39 is 5.91 Å². The zero-order valence-corrected chi connectivity index (χ0v) is 13.0. The summed E-state index contributed by atoms with van der Waals surface area (Å²) >= 11 is 0. The Morgan fingerprint density at radius 2 is 1.88 bits per heavy atom. The van der Waals surface area contributed by atoms with Crippen molar-refractivity contribution in [3.63, 3.8) is 0 Å². The normalized spacial score (nSPS) is 11.2. The molecule has 0 atom stereocenters. The highest BCUT2D eigenvalue weighted by atomic mass is 16.3. The molecule has 0 saturated carbocycles. The largest absolute Gasteiger partial charge is 0.457 e. The van der Waals surface area contributed by atoms with E-state index in [9.17, 15) is 10.1 Å². The summed E-state index contributed by atoms with van der Waals surface area (Å²) in [5.74, 6) is 0.0971. The molecule has 0 aliphatic heterocycles. The molecular formula is C20H16N2O2. The molecule has 3 aromatic rings. The third kappa shape index (κ3) is 3.71. The molecule has 0 aliphatic rings. The topological polar surface area (TPSA) is 66.0 Å². The Kier molecular flexibility index (Phi) is 4.73. The fraction of sp³-hybridized carbons (Fsp3) is 0.100. The summed E-state index contributed by atoms with van der Waals surface area (Å²) in [4.78, 5) is 12.1. The van der Waals surface area contributed by atoms with E-state index in [0.717, 1.165) is 23.0 Å². The number of hydrogen-bond acceptors (Lipinski definition) is 3. The molecular weight excluding hydrogens is 300 g/mol. The van der Waals surface area contributed by atoms with Gasteiger partial charge in [-0.3, -0.25) is 4.79 Å². The van der Waals surface area contributed by atoms with Gasteiger partial charge in [0.25, 0.3) is 5.91 Å². The van der Waals surface area contributed by atoms with Crippen LogP contribution in [-0.2, 0) is 11.2 Å². The van der Waals surface area contributed by atoms with E-state index in [4.69, 9.17) is 4.42 Å². The molecule has 1 heterocycles.